The predicted octanol–water partition coefficient (Wildman–Crippen LogP) is 7.13. The largest absolute Gasteiger partial charge is 0.424 e. The first-order valence-electron chi connectivity index (χ1n) is 9.63. The lowest BCUT2D eigenvalue weighted by Crippen LogP contribution is -2.01. The van der Waals surface area contributed by atoms with Crippen molar-refractivity contribution < 1.29 is 22.6 Å². The number of benzene rings is 1. The normalized spacial score (nSPS) is 11.6. The maximum atomic E-state index is 5.56. The monoisotopic (exact) mass is 520 g/mol. The van der Waals surface area contributed by atoms with Crippen molar-refractivity contribution in [3.05, 3.63) is 30.3 Å². The van der Waals surface area contributed by atoms with Crippen LogP contribution in [-0.2, 0) is 41.7 Å². The van der Waals surface area contributed by atoms with Crippen molar-refractivity contribution in [1.29, 1.82) is 0 Å². The van der Waals surface area contributed by atoms with Gasteiger partial charge in [-0.05, 0) is 57.4 Å². The molecular weight excluding hydrogens is 486 g/mol. The van der Waals surface area contributed by atoms with E-state index in [0.29, 0.717) is 32.2 Å². The first-order chi connectivity index (χ1) is 13.9. The van der Waals surface area contributed by atoms with E-state index < -0.39 is 12.4 Å². The molecule has 29 heavy (non-hydrogen) atoms. The van der Waals surface area contributed by atoms with Crippen LogP contribution in [0.15, 0.2) is 30.3 Å². The van der Waals surface area contributed by atoms with Crippen LogP contribution in [0, 0.1) is 0 Å². The summed E-state index contributed by atoms with van der Waals surface area (Å²) < 4.78 is 27.3. The summed E-state index contributed by atoms with van der Waals surface area (Å²) in [6, 6.07) is 9.34. The number of rotatable bonds is 15. The van der Waals surface area contributed by atoms with Gasteiger partial charge in [-0.3, -0.25) is 9.05 Å². The smallest absolute Gasteiger partial charge is 0.380 e. The Balaban J connectivity index is 0.000000543. The summed E-state index contributed by atoms with van der Waals surface area (Å²) >= 11 is 14.2. The fraction of sp³-hybridized carbons (Fsp3) is 0.667. The lowest BCUT2D eigenvalue weighted by atomic mass is 10.3. The van der Waals surface area contributed by atoms with Crippen LogP contribution in [0.4, 0.5) is 0 Å². The molecule has 1 rings (SSSR count). The van der Waals surface area contributed by atoms with Crippen molar-refractivity contribution in [1.82, 2.24) is 0 Å². The Kier molecular flexibility index (Phi) is 19.0. The average Bonchev–Trinajstić information content (AvgIpc) is 2.67. The molecule has 0 atom stereocenters. The highest BCUT2D eigenvalue weighted by atomic mass is 32.9. The summed E-state index contributed by atoms with van der Waals surface area (Å²) in [7, 11) is 0. The minimum Gasteiger partial charge on any atom is -0.424 e. The van der Waals surface area contributed by atoms with Crippen molar-refractivity contribution in [2.45, 2.75) is 34.6 Å². The summed E-state index contributed by atoms with van der Waals surface area (Å²) in [5, 5.41) is 0. The molecule has 0 bridgehead atoms. The van der Waals surface area contributed by atoms with Crippen LogP contribution < -0.4 is 4.52 Å². The van der Waals surface area contributed by atoms with Crippen LogP contribution >= 0.6 is 35.6 Å². The van der Waals surface area contributed by atoms with E-state index in [-0.39, 0.29) is 0 Å². The first-order valence-corrected chi connectivity index (χ1v) is 17.6. The van der Waals surface area contributed by atoms with E-state index in [1.807, 2.05) is 69.8 Å². The Labute approximate surface area is 195 Å². The molecule has 0 amide bonds. The lowest BCUT2D eigenvalue weighted by Gasteiger charge is -2.20. The number of para-hydroxylation sites is 1. The maximum absolute atomic E-state index is 5.56. The molecule has 5 nitrogen and oxygen atoms in total. The van der Waals surface area contributed by atoms with Crippen LogP contribution in [0.5, 0.6) is 5.75 Å². The highest BCUT2D eigenvalue weighted by Crippen LogP contribution is 2.60. The molecule has 0 spiro atoms. The first kappa shape index (κ1) is 29.9. The Bertz CT molecular complexity index is 587. The van der Waals surface area contributed by atoms with Gasteiger partial charge in [0.2, 0.25) is 5.69 Å². The Morgan fingerprint density at radius 3 is 1.72 bits per heavy atom. The van der Waals surface area contributed by atoms with Crippen LogP contribution in [0.2, 0.25) is 0 Å². The Morgan fingerprint density at radius 1 is 0.759 bits per heavy atom. The maximum Gasteiger partial charge on any atom is 0.380 e. The molecule has 0 heterocycles. The molecule has 0 fully saturated rings. The molecule has 0 saturated heterocycles. The van der Waals surface area contributed by atoms with Crippen molar-refractivity contribution >= 4 is 59.2 Å². The molecule has 1 aromatic rings. The van der Waals surface area contributed by atoms with Gasteiger partial charge in [0, 0.05) is 23.3 Å². The van der Waals surface area contributed by atoms with Gasteiger partial charge >= 0.3 is 6.72 Å². The van der Waals surface area contributed by atoms with Gasteiger partial charge in [0.25, 0.3) is 0 Å². The van der Waals surface area contributed by atoms with Crippen LogP contribution in [0.3, 0.4) is 0 Å². The lowest BCUT2D eigenvalue weighted by molar-refractivity contribution is 0.218. The average molecular weight is 521 g/mol. The minimum absolute atomic E-state index is 0.490. The molecule has 0 radical (unpaired) electrons. The third-order valence-electron chi connectivity index (χ3n) is 2.79. The molecule has 0 unspecified atom stereocenters. The fourth-order valence-electron chi connectivity index (χ4n) is 1.80. The highest BCUT2D eigenvalue weighted by molar-refractivity contribution is 8.68. The molecule has 1 aromatic carbocycles. The van der Waals surface area contributed by atoms with E-state index in [1.165, 1.54) is 0 Å². The summed E-state index contributed by atoms with van der Waals surface area (Å²) in [4.78, 5) is 0. The standard InChI is InChI=1S/C10H15O3PS.C8H19O2PS3/c1-3-11-14(15,12-4-2)13-10-8-6-5-7-9-10;1-4-9-11(12,10-5-2)14-8-7-13-6-3/h5-9H,3-4H2,1-2H3;4-8H2,1-3H3. The van der Waals surface area contributed by atoms with E-state index in [2.05, 4.69) is 6.92 Å². The molecule has 0 aliphatic heterocycles. The van der Waals surface area contributed by atoms with Crippen molar-refractivity contribution in [3.8, 4) is 5.75 Å². The van der Waals surface area contributed by atoms with Gasteiger partial charge in [-0.2, -0.15) is 11.8 Å². The van der Waals surface area contributed by atoms with Crippen LogP contribution in [-0.4, -0.2) is 43.7 Å². The van der Waals surface area contributed by atoms with Crippen LogP contribution in [0.1, 0.15) is 34.6 Å². The SMILES string of the molecule is CCOP(=S)(OCC)Oc1ccccc1.CCOP(=S)(OCC)SCCSCC. The zero-order valence-corrected chi connectivity index (χ0v) is 23.0. The zero-order valence-electron chi connectivity index (χ0n) is 17.9. The molecule has 0 aromatic heterocycles. The van der Waals surface area contributed by atoms with Gasteiger partial charge in [0.05, 0.1) is 26.4 Å². The number of hydrogen-bond donors (Lipinski definition) is 0. The van der Waals surface area contributed by atoms with Gasteiger partial charge in [-0.15, -0.1) is 0 Å². The van der Waals surface area contributed by atoms with Gasteiger partial charge in [-0.25, -0.2) is 0 Å². The summed E-state index contributed by atoms with van der Waals surface area (Å²) in [5.41, 5.74) is -2.02. The fourth-order valence-corrected chi connectivity index (χ4v) is 9.74. The van der Waals surface area contributed by atoms with Gasteiger partial charge < -0.3 is 13.6 Å². The van der Waals surface area contributed by atoms with Gasteiger partial charge in [-0.1, -0.05) is 36.5 Å². The van der Waals surface area contributed by atoms with Crippen LogP contribution in [0.25, 0.3) is 0 Å². The third-order valence-corrected chi connectivity index (χ3v) is 12.0. The van der Waals surface area contributed by atoms with E-state index in [1.54, 1.807) is 11.4 Å². The number of thioether (sulfide) groups is 1. The minimum atomic E-state index is -2.61. The molecule has 0 aliphatic carbocycles. The van der Waals surface area contributed by atoms with E-state index in [4.69, 9.17) is 46.2 Å². The summed E-state index contributed by atoms with van der Waals surface area (Å²) in [6.07, 6.45) is 0. The molecule has 0 saturated carbocycles. The second-order valence-electron chi connectivity index (χ2n) is 5.00. The van der Waals surface area contributed by atoms with Crippen molar-refractivity contribution in [2.24, 2.45) is 0 Å². The molecule has 11 heteroatoms. The Hall–Kier alpha value is 0.860. The quantitative estimate of drug-likeness (QED) is 0.177. The molecule has 0 N–H and O–H groups in total. The van der Waals surface area contributed by atoms with Crippen molar-refractivity contribution in [3.63, 3.8) is 0 Å². The predicted molar refractivity (Wildman–Crippen MR) is 138 cm³/mol. The third kappa shape index (κ3) is 15.3. The van der Waals surface area contributed by atoms with Gasteiger partial charge in [0.1, 0.15) is 5.75 Å². The summed E-state index contributed by atoms with van der Waals surface area (Å²) in [6.45, 7) is 9.48. The van der Waals surface area contributed by atoms with E-state index in [0.717, 1.165) is 17.3 Å². The number of hydrogen-bond acceptors (Lipinski definition) is 9. The Morgan fingerprint density at radius 2 is 1.28 bits per heavy atom. The van der Waals surface area contributed by atoms with Crippen molar-refractivity contribution in [2.75, 3.05) is 43.7 Å². The second kappa shape index (κ2) is 18.4. The molecule has 0 aliphatic rings. The topological polar surface area (TPSA) is 46.2 Å². The molecular formula is C18H34O5P2S4. The molecule has 170 valence electrons. The van der Waals surface area contributed by atoms with Gasteiger partial charge in [0.15, 0.2) is 0 Å². The second-order valence-corrected chi connectivity index (χ2v) is 15.8. The zero-order chi connectivity index (χ0) is 22.0. The van der Waals surface area contributed by atoms with E-state index >= 15 is 0 Å². The van der Waals surface area contributed by atoms with E-state index in [9.17, 15) is 0 Å². The highest BCUT2D eigenvalue weighted by Gasteiger charge is 2.20. The summed E-state index contributed by atoms with van der Waals surface area (Å²) in [5.74, 6) is 3.99.